The van der Waals surface area contributed by atoms with E-state index in [-0.39, 0.29) is 0 Å². The molecule has 4 heteroatoms. The zero-order valence-corrected chi connectivity index (χ0v) is 8.77. The maximum absolute atomic E-state index is 8.63. The van der Waals surface area contributed by atoms with Gasteiger partial charge in [0, 0.05) is 25.2 Å². The van der Waals surface area contributed by atoms with Crippen LogP contribution in [0.1, 0.15) is 13.8 Å². The first-order chi connectivity index (χ1) is 6.70. The lowest BCUT2D eigenvalue weighted by Crippen LogP contribution is -2.57. The van der Waals surface area contributed by atoms with Gasteiger partial charge in [0.25, 0.3) is 0 Å². The molecule has 1 heterocycles. The third-order valence-corrected chi connectivity index (χ3v) is 3.07. The maximum atomic E-state index is 8.63. The highest BCUT2D eigenvalue weighted by molar-refractivity contribution is 4.93. The zero-order valence-electron chi connectivity index (χ0n) is 8.77. The molecule has 0 amide bonds. The Morgan fingerprint density at radius 3 is 1.64 bits per heavy atom. The smallest absolute Gasteiger partial charge is 0.0869 e. The van der Waals surface area contributed by atoms with Gasteiger partial charge in [0.1, 0.15) is 0 Å². The lowest BCUT2D eigenvalue weighted by atomic mass is 10.1. The number of piperazine rings is 1. The summed E-state index contributed by atoms with van der Waals surface area (Å²) in [6, 6.07) is 5.07. The molecular formula is C10H16N4. The van der Waals surface area contributed by atoms with E-state index in [0.717, 1.165) is 13.1 Å². The largest absolute Gasteiger partial charge is 0.285 e. The zero-order chi connectivity index (χ0) is 10.6. The topological polar surface area (TPSA) is 54.1 Å². The van der Waals surface area contributed by atoms with Crippen LogP contribution in [0.2, 0.25) is 0 Å². The van der Waals surface area contributed by atoms with Crippen LogP contribution in [0.5, 0.6) is 0 Å². The van der Waals surface area contributed by atoms with Crippen LogP contribution in [0.15, 0.2) is 0 Å². The molecule has 1 unspecified atom stereocenters. The Morgan fingerprint density at radius 1 is 1.00 bits per heavy atom. The van der Waals surface area contributed by atoms with Crippen LogP contribution in [-0.4, -0.2) is 48.1 Å². The van der Waals surface area contributed by atoms with Crippen LogP contribution < -0.4 is 0 Å². The fraction of sp³-hybridized carbons (Fsp3) is 0.800. The number of nitrogens with zero attached hydrogens (tertiary/aromatic N) is 4. The summed E-state index contributed by atoms with van der Waals surface area (Å²) >= 11 is 0. The van der Waals surface area contributed by atoms with Crippen molar-refractivity contribution in [3.05, 3.63) is 0 Å². The van der Waals surface area contributed by atoms with Gasteiger partial charge in [0.05, 0.1) is 25.2 Å². The Labute approximate surface area is 85.3 Å². The van der Waals surface area contributed by atoms with Gasteiger partial charge in [0.2, 0.25) is 0 Å². The van der Waals surface area contributed by atoms with Crippen LogP contribution >= 0.6 is 0 Å². The molecule has 1 fully saturated rings. The van der Waals surface area contributed by atoms with Crippen molar-refractivity contribution in [3.63, 3.8) is 0 Å². The third-order valence-electron chi connectivity index (χ3n) is 3.07. The minimum absolute atomic E-state index is 0.358. The fourth-order valence-corrected chi connectivity index (χ4v) is 1.90. The monoisotopic (exact) mass is 192 g/mol. The van der Waals surface area contributed by atoms with Gasteiger partial charge in [-0.3, -0.25) is 9.80 Å². The molecule has 14 heavy (non-hydrogen) atoms. The van der Waals surface area contributed by atoms with Crippen LogP contribution in [0.4, 0.5) is 0 Å². The summed E-state index contributed by atoms with van der Waals surface area (Å²) in [5.41, 5.74) is 0. The van der Waals surface area contributed by atoms with E-state index in [1.165, 1.54) is 0 Å². The molecule has 0 aromatic rings. The summed E-state index contributed by atoms with van der Waals surface area (Å²) in [4.78, 5) is 4.33. The van der Waals surface area contributed by atoms with Crippen LogP contribution in [0.3, 0.4) is 0 Å². The molecule has 76 valence electrons. The van der Waals surface area contributed by atoms with E-state index >= 15 is 0 Å². The summed E-state index contributed by atoms with van der Waals surface area (Å²) in [5.74, 6) is 0. The average Bonchev–Trinajstić information content (AvgIpc) is 2.18. The van der Waals surface area contributed by atoms with E-state index in [4.69, 9.17) is 10.5 Å². The van der Waals surface area contributed by atoms with Crippen molar-refractivity contribution in [1.82, 2.24) is 9.80 Å². The van der Waals surface area contributed by atoms with Gasteiger partial charge in [-0.25, -0.2) is 0 Å². The number of hydrogen-bond donors (Lipinski definition) is 0. The van der Waals surface area contributed by atoms with Gasteiger partial charge in [-0.15, -0.1) is 0 Å². The number of rotatable bonds is 2. The molecule has 1 saturated heterocycles. The summed E-state index contributed by atoms with van der Waals surface area (Å²) < 4.78 is 0. The average molecular weight is 192 g/mol. The van der Waals surface area contributed by atoms with Gasteiger partial charge < -0.3 is 0 Å². The molecule has 0 N–H and O–H groups in total. The predicted octanol–water partition coefficient (Wildman–Crippen LogP) is 0.428. The summed E-state index contributed by atoms with van der Waals surface area (Å²) in [6.45, 7) is 7.00. The van der Waals surface area contributed by atoms with Crippen LogP contribution in [0.25, 0.3) is 0 Å². The minimum atomic E-state index is 0.358. The second-order valence-electron chi connectivity index (χ2n) is 3.74. The molecule has 0 bridgehead atoms. The Bertz CT molecular complexity index is 234. The Morgan fingerprint density at radius 2 is 1.36 bits per heavy atom. The second kappa shape index (κ2) is 4.95. The van der Waals surface area contributed by atoms with Crippen molar-refractivity contribution >= 4 is 0 Å². The SMILES string of the molecule is CC1[C@@H](C)N(CC#N)CCN1CC#N. The highest BCUT2D eigenvalue weighted by Crippen LogP contribution is 2.15. The molecule has 1 aliphatic rings. The van der Waals surface area contributed by atoms with Crippen molar-refractivity contribution < 1.29 is 0 Å². The van der Waals surface area contributed by atoms with E-state index in [9.17, 15) is 0 Å². The molecule has 1 rings (SSSR count). The molecule has 4 nitrogen and oxygen atoms in total. The molecule has 1 aliphatic heterocycles. The predicted molar refractivity (Wildman–Crippen MR) is 53.3 cm³/mol. The Kier molecular flexibility index (Phi) is 3.88. The van der Waals surface area contributed by atoms with Crippen molar-refractivity contribution in [3.8, 4) is 12.1 Å². The first-order valence-electron chi connectivity index (χ1n) is 4.92. The van der Waals surface area contributed by atoms with Crippen molar-refractivity contribution in [2.45, 2.75) is 25.9 Å². The molecule has 0 spiro atoms. The van der Waals surface area contributed by atoms with E-state index in [2.05, 4.69) is 35.8 Å². The molecule has 2 atom stereocenters. The van der Waals surface area contributed by atoms with Crippen molar-refractivity contribution in [2.24, 2.45) is 0 Å². The number of hydrogen-bond acceptors (Lipinski definition) is 4. The van der Waals surface area contributed by atoms with Crippen molar-refractivity contribution in [1.29, 1.82) is 10.5 Å². The molecule has 0 aliphatic carbocycles. The second-order valence-corrected chi connectivity index (χ2v) is 3.74. The molecular weight excluding hydrogens is 176 g/mol. The lowest BCUT2D eigenvalue weighted by molar-refractivity contribution is 0.0533. The van der Waals surface area contributed by atoms with Crippen LogP contribution in [-0.2, 0) is 0 Å². The number of nitriles is 2. The Balaban J connectivity index is 2.56. The van der Waals surface area contributed by atoms with Crippen molar-refractivity contribution in [2.75, 3.05) is 26.2 Å². The first kappa shape index (κ1) is 11.0. The molecule has 0 aromatic carbocycles. The van der Waals surface area contributed by atoms with Gasteiger partial charge in [-0.2, -0.15) is 10.5 Å². The van der Waals surface area contributed by atoms with Crippen LogP contribution in [0, 0.1) is 22.7 Å². The highest BCUT2D eigenvalue weighted by Gasteiger charge is 2.29. The third kappa shape index (κ3) is 2.23. The maximum Gasteiger partial charge on any atom is 0.0869 e. The van der Waals surface area contributed by atoms with Gasteiger partial charge >= 0.3 is 0 Å². The van der Waals surface area contributed by atoms with Gasteiger partial charge in [-0.1, -0.05) is 0 Å². The van der Waals surface area contributed by atoms with Gasteiger partial charge in [0.15, 0.2) is 0 Å². The normalized spacial score (nSPS) is 29.4. The molecule has 0 aromatic heterocycles. The van der Waals surface area contributed by atoms with E-state index < -0.39 is 0 Å². The van der Waals surface area contributed by atoms with Gasteiger partial charge in [-0.05, 0) is 13.8 Å². The summed E-state index contributed by atoms with van der Waals surface area (Å²) in [5, 5.41) is 17.3. The van der Waals surface area contributed by atoms with E-state index in [0.29, 0.717) is 25.2 Å². The lowest BCUT2D eigenvalue weighted by Gasteiger charge is -2.43. The minimum Gasteiger partial charge on any atom is -0.285 e. The standard InChI is InChI=1S/C10H16N4/c1-9-10(2)14(6-4-12)8-7-13(9)5-3-11/h9-10H,5-8H2,1-2H3/t9-,10?/m1/s1. The Hall–Kier alpha value is -1.10. The fourth-order valence-electron chi connectivity index (χ4n) is 1.90. The van der Waals surface area contributed by atoms with E-state index in [1.807, 2.05) is 0 Å². The molecule has 0 saturated carbocycles. The highest BCUT2D eigenvalue weighted by atomic mass is 15.3. The van der Waals surface area contributed by atoms with E-state index in [1.54, 1.807) is 0 Å². The summed E-state index contributed by atoms with van der Waals surface area (Å²) in [6.07, 6.45) is 0. The quantitative estimate of drug-likeness (QED) is 0.595. The molecule has 0 radical (unpaired) electrons. The summed E-state index contributed by atoms with van der Waals surface area (Å²) in [7, 11) is 0. The first-order valence-corrected chi connectivity index (χ1v) is 4.92.